The van der Waals surface area contributed by atoms with Crippen molar-refractivity contribution in [2.24, 2.45) is 0 Å². The molecule has 0 amide bonds. The van der Waals surface area contributed by atoms with Crippen molar-refractivity contribution in [1.82, 2.24) is 5.32 Å². The van der Waals surface area contributed by atoms with Crippen LogP contribution in [0.4, 0.5) is 14.5 Å². The second-order valence-electron chi connectivity index (χ2n) is 3.52. The summed E-state index contributed by atoms with van der Waals surface area (Å²) < 4.78 is 51.7. The van der Waals surface area contributed by atoms with Gasteiger partial charge in [0.2, 0.25) is 10.0 Å². The van der Waals surface area contributed by atoms with Gasteiger partial charge in [0.25, 0.3) is 0 Å². The summed E-state index contributed by atoms with van der Waals surface area (Å²) in [6.45, 7) is 2.72. The molecule has 8 heteroatoms. The molecule has 1 aromatic carbocycles. The molecule has 0 spiro atoms. The molecule has 1 rings (SSSR count). The van der Waals surface area contributed by atoms with E-state index < -0.39 is 27.3 Å². The lowest BCUT2D eigenvalue weighted by Gasteiger charge is -2.09. The molecule has 102 valence electrons. The van der Waals surface area contributed by atoms with Crippen LogP contribution in [0.1, 0.15) is 6.92 Å². The van der Waals surface area contributed by atoms with Crippen LogP contribution in [0.25, 0.3) is 0 Å². The van der Waals surface area contributed by atoms with Crippen molar-refractivity contribution in [1.29, 1.82) is 0 Å². The Labute approximate surface area is 113 Å². The number of nitrogens with one attached hydrogen (secondary N) is 2. The number of halogens is 3. The minimum Gasteiger partial charge on any atom is -0.316 e. The molecule has 0 aromatic heterocycles. The van der Waals surface area contributed by atoms with E-state index in [1.807, 2.05) is 11.6 Å². The van der Waals surface area contributed by atoms with Crippen LogP contribution in [0.2, 0.25) is 0 Å². The van der Waals surface area contributed by atoms with Crippen LogP contribution in [0.5, 0.6) is 0 Å². The Morgan fingerprint density at radius 1 is 1.28 bits per heavy atom. The van der Waals surface area contributed by atoms with E-state index in [1.54, 1.807) is 0 Å². The summed E-state index contributed by atoms with van der Waals surface area (Å²) in [4.78, 5) is 0. The number of hydrogen-bond donors (Lipinski definition) is 2. The molecule has 0 bridgehead atoms. The van der Waals surface area contributed by atoms with E-state index in [4.69, 9.17) is 0 Å². The maximum atomic E-state index is 13.4. The zero-order valence-electron chi connectivity index (χ0n) is 9.63. The highest BCUT2D eigenvalue weighted by Gasteiger charge is 2.15. The summed E-state index contributed by atoms with van der Waals surface area (Å²) in [5, 5.41) is 2.83. The van der Waals surface area contributed by atoms with E-state index in [-0.39, 0.29) is 16.8 Å². The van der Waals surface area contributed by atoms with Crippen LogP contribution < -0.4 is 10.0 Å². The zero-order chi connectivity index (χ0) is 13.8. The largest absolute Gasteiger partial charge is 0.316 e. The van der Waals surface area contributed by atoms with Gasteiger partial charge in [-0.05, 0) is 28.5 Å². The minimum atomic E-state index is -3.69. The molecule has 2 N–H and O–H groups in total. The first-order chi connectivity index (χ1) is 8.35. The average molecular weight is 343 g/mol. The van der Waals surface area contributed by atoms with Crippen LogP contribution in [0.3, 0.4) is 0 Å². The maximum Gasteiger partial charge on any atom is 0.234 e. The molecule has 0 saturated carbocycles. The lowest BCUT2D eigenvalue weighted by atomic mass is 10.3. The van der Waals surface area contributed by atoms with Crippen LogP contribution >= 0.6 is 15.9 Å². The third-order valence-corrected chi connectivity index (χ3v) is 3.95. The van der Waals surface area contributed by atoms with Gasteiger partial charge in [-0.25, -0.2) is 17.2 Å². The molecule has 0 saturated heterocycles. The highest BCUT2D eigenvalue weighted by atomic mass is 79.9. The molecular weight excluding hydrogens is 330 g/mol. The molecule has 1 aromatic rings. The summed E-state index contributed by atoms with van der Waals surface area (Å²) in [5.74, 6) is -1.78. The molecule has 0 radical (unpaired) electrons. The minimum absolute atomic E-state index is 0.0596. The van der Waals surface area contributed by atoms with Crippen molar-refractivity contribution in [2.45, 2.75) is 6.92 Å². The van der Waals surface area contributed by atoms with Gasteiger partial charge in [-0.3, -0.25) is 4.72 Å². The van der Waals surface area contributed by atoms with Crippen molar-refractivity contribution in [3.63, 3.8) is 0 Å². The molecule has 0 heterocycles. The van der Waals surface area contributed by atoms with Crippen LogP contribution in [0.15, 0.2) is 16.6 Å². The Bertz CT molecular complexity index is 523. The summed E-state index contributed by atoms with van der Waals surface area (Å²) in [7, 11) is -3.69. The highest BCUT2D eigenvalue weighted by Crippen LogP contribution is 2.23. The van der Waals surface area contributed by atoms with Crippen molar-refractivity contribution in [2.75, 3.05) is 23.6 Å². The van der Waals surface area contributed by atoms with Gasteiger partial charge in [0.1, 0.15) is 11.6 Å². The van der Waals surface area contributed by atoms with E-state index in [0.717, 1.165) is 12.1 Å². The fourth-order valence-corrected chi connectivity index (χ4v) is 2.52. The third-order valence-electron chi connectivity index (χ3n) is 2.07. The van der Waals surface area contributed by atoms with Crippen molar-refractivity contribution >= 4 is 31.6 Å². The number of rotatable bonds is 6. The second-order valence-corrected chi connectivity index (χ2v) is 6.22. The predicted molar refractivity (Wildman–Crippen MR) is 70.0 cm³/mol. The van der Waals surface area contributed by atoms with E-state index >= 15 is 0 Å². The average Bonchev–Trinajstić information content (AvgIpc) is 2.26. The number of hydrogen-bond acceptors (Lipinski definition) is 3. The van der Waals surface area contributed by atoms with Gasteiger partial charge in [-0.1, -0.05) is 6.92 Å². The van der Waals surface area contributed by atoms with Crippen molar-refractivity contribution in [3.05, 3.63) is 28.2 Å². The molecular formula is C10H13BrF2N2O2S. The summed E-state index contributed by atoms with van der Waals surface area (Å²) >= 11 is 2.81. The van der Waals surface area contributed by atoms with Crippen LogP contribution in [-0.2, 0) is 10.0 Å². The molecule has 0 aliphatic rings. The van der Waals surface area contributed by atoms with E-state index in [1.165, 1.54) is 0 Å². The zero-order valence-corrected chi connectivity index (χ0v) is 12.0. The molecule has 18 heavy (non-hydrogen) atoms. The lowest BCUT2D eigenvalue weighted by Crippen LogP contribution is -2.26. The van der Waals surface area contributed by atoms with E-state index in [9.17, 15) is 17.2 Å². The SMILES string of the molecule is CCNCCS(=O)(=O)Nc1cc(F)c(Br)cc1F. The summed E-state index contributed by atoms with van der Waals surface area (Å²) in [6.07, 6.45) is 0. The van der Waals surface area contributed by atoms with Gasteiger partial charge in [0, 0.05) is 12.6 Å². The summed E-state index contributed by atoms with van der Waals surface area (Å²) in [5.41, 5.74) is -0.396. The van der Waals surface area contributed by atoms with Gasteiger partial charge in [0.05, 0.1) is 15.9 Å². The first-order valence-corrected chi connectivity index (χ1v) is 7.66. The second kappa shape index (κ2) is 6.44. The van der Waals surface area contributed by atoms with Gasteiger partial charge in [-0.15, -0.1) is 0 Å². The first kappa shape index (κ1) is 15.3. The Balaban J connectivity index is 2.81. The van der Waals surface area contributed by atoms with Crippen molar-refractivity contribution < 1.29 is 17.2 Å². The Morgan fingerprint density at radius 2 is 1.94 bits per heavy atom. The maximum absolute atomic E-state index is 13.4. The number of anilines is 1. The van der Waals surface area contributed by atoms with E-state index in [2.05, 4.69) is 21.2 Å². The van der Waals surface area contributed by atoms with Crippen LogP contribution in [0, 0.1) is 11.6 Å². The Morgan fingerprint density at radius 3 is 2.56 bits per heavy atom. The van der Waals surface area contributed by atoms with Crippen molar-refractivity contribution in [3.8, 4) is 0 Å². The molecule has 4 nitrogen and oxygen atoms in total. The van der Waals surface area contributed by atoms with Gasteiger partial charge in [-0.2, -0.15) is 0 Å². The standard InChI is InChI=1S/C10H13BrF2N2O2S/c1-2-14-3-4-18(16,17)15-10-6-8(12)7(11)5-9(10)13/h5-6,14-15H,2-4H2,1H3. The first-order valence-electron chi connectivity index (χ1n) is 5.21. The van der Waals surface area contributed by atoms with Gasteiger partial charge < -0.3 is 5.32 Å². The van der Waals surface area contributed by atoms with Gasteiger partial charge in [0.15, 0.2) is 0 Å². The number of benzene rings is 1. The van der Waals surface area contributed by atoms with Crippen LogP contribution in [-0.4, -0.2) is 27.3 Å². The fraction of sp³-hybridized carbons (Fsp3) is 0.400. The fourth-order valence-electron chi connectivity index (χ4n) is 1.20. The van der Waals surface area contributed by atoms with Gasteiger partial charge >= 0.3 is 0 Å². The summed E-state index contributed by atoms with van der Waals surface area (Å²) in [6, 6.07) is 1.67. The number of sulfonamides is 1. The lowest BCUT2D eigenvalue weighted by molar-refractivity contribution is 0.590. The third kappa shape index (κ3) is 4.51. The molecule has 0 atom stereocenters. The monoisotopic (exact) mass is 342 g/mol. The van der Waals surface area contributed by atoms with E-state index in [0.29, 0.717) is 6.54 Å². The Hall–Kier alpha value is -0.730. The topological polar surface area (TPSA) is 58.2 Å². The molecule has 0 aliphatic carbocycles. The highest BCUT2D eigenvalue weighted by molar-refractivity contribution is 9.10. The molecule has 0 aliphatic heterocycles. The molecule has 0 unspecified atom stereocenters. The molecule has 0 fully saturated rings. The quantitative estimate of drug-likeness (QED) is 0.614. The normalized spacial score (nSPS) is 11.6. The smallest absolute Gasteiger partial charge is 0.234 e. The Kier molecular flexibility index (Phi) is 5.48. The predicted octanol–water partition coefficient (Wildman–Crippen LogP) is 2.08.